The number of methoxy groups -OCH3 is 1. The summed E-state index contributed by atoms with van der Waals surface area (Å²) in [5, 5.41) is 12.1. The van der Waals surface area contributed by atoms with E-state index in [1.54, 1.807) is 7.11 Å². The topological polar surface area (TPSA) is 57.6 Å². The summed E-state index contributed by atoms with van der Waals surface area (Å²) in [4.78, 5) is 6.77. The number of aliphatic hydroxyl groups excluding tert-OH is 1. The Bertz CT molecular complexity index is 399. The molecule has 5 heteroatoms. The molecule has 0 amide bonds. The lowest BCUT2D eigenvalue weighted by molar-refractivity contribution is 0.199. The molecule has 1 aromatic rings. The van der Waals surface area contributed by atoms with Gasteiger partial charge in [-0.25, -0.2) is 4.98 Å². The van der Waals surface area contributed by atoms with Crippen LogP contribution in [0, 0.1) is 6.92 Å². The average molecular weight is 295 g/mol. The lowest BCUT2D eigenvalue weighted by Gasteiger charge is -2.20. The van der Waals surface area contributed by atoms with Crippen molar-refractivity contribution in [3.8, 4) is 0 Å². The summed E-state index contributed by atoms with van der Waals surface area (Å²) in [6.07, 6.45) is 4.96. The van der Waals surface area contributed by atoms with Crippen LogP contribution in [0.4, 0.5) is 5.82 Å². The first-order chi connectivity index (χ1) is 10.2. The van der Waals surface area contributed by atoms with E-state index < -0.39 is 0 Å². The molecule has 0 aliphatic rings. The first-order valence-electron chi connectivity index (χ1n) is 7.66. The fourth-order valence-corrected chi connectivity index (χ4v) is 2.27. The van der Waals surface area contributed by atoms with Crippen LogP contribution in [-0.2, 0) is 11.3 Å². The number of anilines is 1. The molecule has 120 valence electrons. The van der Waals surface area contributed by atoms with Crippen molar-refractivity contribution in [2.24, 2.45) is 0 Å². The van der Waals surface area contributed by atoms with Crippen molar-refractivity contribution in [2.45, 2.75) is 32.7 Å². The Balaban J connectivity index is 2.45. The van der Waals surface area contributed by atoms with Gasteiger partial charge in [-0.05, 0) is 43.4 Å². The molecular weight excluding hydrogens is 266 g/mol. The van der Waals surface area contributed by atoms with Crippen LogP contribution in [0.5, 0.6) is 0 Å². The number of aliphatic hydroxyl groups is 1. The van der Waals surface area contributed by atoms with Crippen molar-refractivity contribution in [3.63, 3.8) is 0 Å². The first-order valence-corrected chi connectivity index (χ1v) is 7.66. The Kier molecular flexibility index (Phi) is 8.98. The zero-order valence-electron chi connectivity index (χ0n) is 13.6. The van der Waals surface area contributed by atoms with E-state index in [4.69, 9.17) is 9.84 Å². The fourth-order valence-electron chi connectivity index (χ4n) is 2.27. The number of unbranched alkanes of at least 4 members (excludes halogenated alkanes) is 2. The van der Waals surface area contributed by atoms with Crippen LogP contribution in [0.15, 0.2) is 12.3 Å². The highest BCUT2D eigenvalue weighted by molar-refractivity contribution is 5.46. The smallest absolute Gasteiger partial charge is 0.131 e. The SMILES string of the molecule is COCCNCc1cnc(N(C)CCCCCO)c(C)c1. The highest BCUT2D eigenvalue weighted by atomic mass is 16.5. The largest absolute Gasteiger partial charge is 0.396 e. The summed E-state index contributed by atoms with van der Waals surface area (Å²) in [6.45, 7) is 5.75. The van der Waals surface area contributed by atoms with Gasteiger partial charge in [0.25, 0.3) is 0 Å². The Morgan fingerprint density at radius 1 is 1.33 bits per heavy atom. The third-order valence-electron chi connectivity index (χ3n) is 3.43. The molecule has 0 saturated heterocycles. The summed E-state index contributed by atoms with van der Waals surface area (Å²) in [6, 6.07) is 2.19. The number of aryl methyl sites for hydroxylation is 1. The molecule has 21 heavy (non-hydrogen) atoms. The maximum atomic E-state index is 8.79. The molecule has 0 aliphatic heterocycles. The van der Waals surface area contributed by atoms with Gasteiger partial charge < -0.3 is 20.1 Å². The number of hydrogen-bond donors (Lipinski definition) is 2. The zero-order chi connectivity index (χ0) is 15.5. The third-order valence-corrected chi connectivity index (χ3v) is 3.43. The van der Waals surface area contributed by atoms with Crippen LogP contribution < -0.4 is 10.2 Å². The Labute approximate surface area is 128 Å². The summed E-state index contributed by atoms with van der Waals surface area (Å²) in [7, 11) is 3.78. The van der Waals surface area contributed by atoms with Crippen LogP contribution in [0.3, 0.4) is 0 Å². The summed E-state index contributed by atoms with van der Waals surface area (Å²) in [5.74, 6) is 1.04. The van der Waals surface area contributed by atoms with Crippen molar-refractivity contribution in [1.29, 1.82) is 0 Å². The second-order valence-electron chi connectivity index (χ2n) is 5.36. The molecule has 0 aliphatic carbocycles. The van der Waals surface area contributed by atoms with Crippen LogP contribution in [0.1, 0.15) is 30.4 Å². The van der Waals surface area contributed by atoms with Crippen LogP contribution in [0.2, 0.25) is 0 Å². The fraction of sp³-hybridized carbons (Fsp3) is 0.688. The van der Waals surface area contributed by atoms with Gasteiger partial charge >= 0.3 is 0 Å². The first kappa shape index (κ1) is 17.9. The molecule has 5 nitrogen and oxygen atoms in total. The molecule has 0 bridgehead atoms. The maximum Gasteiger partial charge on any atom is 0.131 e. The quantitative estimate of drug-likeness (QED) is 0.609. The summed E-state index contributed by atoms with van der Waals surface area (Å²) >= 11 is 0. The highest BCUT2D eigenvalue weighted by Gasteiger charge is 2.07. The van der Waals surface area contributed by atoms with Gasteiger partial charge in [0, 0.05) is 46.6 Å². The Morgan fingerprint density at radius 2 is 2.14 bits per heavy atom. The molecule has 0 atom stereocenters. The minimum Gasteiger partial charge on any atom is -0.396 e. The number of rotatable bonds is 11. The van der Waals surface area contributed by atoms with Crippen molar-refractivity contribution in [3.05, 3.63) is 23.4 Å². The van der Waals surface area contributed by atoms with Gasteiger partial charge in [0.1, 0.15) is 5.82 Å². The standard InChI is InChI=1S/C16H29N3O2/c1-14-11-15(12-17-7-10-21-3)13-18-16(14)19(2)8-5-4-6-9-20/h11,13,17,20H,4-10,12H2,1-3H3. The predicted octanol–water partition coefficient (Wildman–Crippen LogP) is 1.72. The number of nitrogens with zero attached hydrogens (tertiary/aromatic N) is 2. The zero-order valence-corrected chi connectivity index (χ0v) is 13.6. The molecule has 0 spiro atoms. The van der Waals surface area contributed by atoms with Crippen molar-refractivity contribution in [1.82, 2.24) is 10.3 Å². The third kappa shape index (κ3) is 6.89. The highest BCUT2D eigenvalue weighted by Crippen LogP contribution is 2.17. The van der Waals surface area contributed by atoms with Crippen LogP contribution in [0.25, 0.3) is 0 Å². The van der Waals surface area contributed by atoms with Crippen molar-refractivity contribution < 1.29 is 9.84 Å². The minimum atomic E-state index is 0.283. The predicted molar refractivity (Wildman–Crippen MR) is 86.8 cm³/mol. The maximum absolute atomic E-state index is 8.79. The van der Waals surface area contributed by atoms with Crippen LogP contribution >= 0.6 is 0 Å². The number of hydrogen-bond acceptors (Lipinski definition) is 5. The lowest BCUT2D eigenvalue weighted by Crippen LogP contribution is -2.22. The average Bonchev–Trinajstić information content (AvgIpc) is 2.48. The van der Waals surface area contributed by atoms with Gasteiger partial charge in [-0.3, -0.25) is 0 Å². The number of nitrogens with one attached hydrogen (secondary N) is 1. The van der Waals surface area contributed by atoms with E-state index in [0.29, 0.717) is 0 Å². The molecule has 1 aromatic heterocycles. The molecule has 0 radical (unpaired) electrons. The van der Waals surface area contributed by atoms with Gasteiger partial charge in [-0.2, -0.15) is 0 Å². The molecule has 0 aromatic carbocycles. The second kappa shape index (κ2) is 10.5. The molecule has 1 rings (SSSR count). The van der Waals surface area contributed by atoms with E-state index in [9.17, 15) is 0 Å². The van der Waals surface area contributed by atoms with E-state index in [-0.39, 0.29) is 6.61 Å². The van der Waals surface area contributed by atoms with Gasteiger partial charge in [0.05, 0.1) is 6.61 Å². The monoisotopic (exact) mass is 295 g/mol. The van der Waals surface area contributed by atoms with Gasteiger partial charge in [0.2, 0.25) is 0 Å². The van der Waals surface area contributed by atoms with Gasteiger partial charge in [-0.15, -0.1) is 0 Å². The number of ether oxygens (including phenoxy) is 1. The van der Waals surface area contributed by atoms with Crippen molar-refractivity contribution in [2.75, 3.05) is 45.4 Å². The molecular formula is C16H29N3O2. The second-order valence-corrected chi connectivity index (χ2v) is 5.36. The molecule has 2 N–H and O–H groups in total. The minimum absolute atomic E-state index is 0.283. The van der Waals surface area contributed by atoms with E-state index in [1.807, 2.05) is 6.20 Å². The van der Waals surface area contributed by atoms with Gasteiger partial charge in [-0.1, -0.05) is 0 Å². The van der Waals surface area contributed by atoms with E-state index in [1.165, 1.54) is 11.1 Å². The summed E-state index contributed by atoms with van der Waals surface area (Å²) in [5.41, 5.74) is 2.40. The van der Waals surface area contributed by atoms with Crippen LogP contribution in [-0.4, -0.2) is 50.6 Å². The summed E-state index contributed by atoms with van der Waals surface area (Å²) < 4.78 is 5.01. The molecule has 1 heterocycles. The Hall–Kier alpha value is -1.17. The van der Waals surface area contributed by atoms with E-state index >= 15 is 0 Å². The normalized spacial score (nSPS) is 10.9. The van der Waals surface area contributed by atoms with E-state index in [0.717, 1.165) is 51.3 Å². The molecule has 0 unspecified atom stereocenters. The number of aromatic nitrogens is 1. The van der Waals surface area contributed by atoms with Crippen molar-refractivity contribution >= 4 is 5.82 Å². The lowest BCUT2D eigenvalue weighted by atomic mass is 10.2. The molecule has 0 fully saturated rings. The Morgan fingerprint density at radius 3 is 2.81 bits per heavy atom. The number of pyridine rings is 1. The molecule has 0 saturated carbocycles. The van der Waals surface area contributed by atoms with Gasteiger partial charge in [0.15, 0.2) is 0 Å². The van der Waals surface area contributed by atoms with E-state index in [2.05, 4.69) is 35.2 Å².